The largest absolute Gasteiger partial charge is 0.494 e. The lowest BCUT2D eigenvalue weighted by molar-refractivity contribution is -0.132. The first-order valence-corrected chi connectivity index (χ1v) is 8.29. The highest BCUT2D eigenvalue weighted by molar-refractivity contribution is 5.87. The number of amides is 1. The van der Waals surface area contributed by atoms with E-state index in [0.29, 0.717) is 19.6 Å². The second-order valence-corrected chi connectivity index (χ2v) is 6.05. The number of aromatic nitrogens is 1. The second kappa shape index (κ2) is 6.93. The summed E-state index contributed by atoms with van der Waals surface area (Å²) in [4.78, 5) is 20.9. The summed E-state index contributed by atoms with van der Waals surface area (Å²) in [6.45, 7) is 10.4. The number of aromatic amines is 1. The molecule has 126 valence electrons. The van der Waals surface area contributed by atoms with Crippen molar-refractivity contribution >= 4 is 16.8 Å². The van der Waals surface area contributed by atoms with E-state index in [-0.39, 0.29) is 12.1 Å². The van der Waals surface area contributed by atoms with E-state index in [1.165, 1.54) is 0 Å². The number of fused-ring (bicyclic) bond motifs is 1. The zero-order valence-corrected chi connectivity index (χ0v) is 13.8. The molecule has 2 heterocycles. The summed E-state index contributed by atoms with van der Waals surface area (Å²) in [6.07, 6.45) is 3.60. The van der Waals surface area contributed by atoms with Gasteiger partial charge in [0, 0.05) is 30.1 Å². The van der Waals surface area contributed by atoms with Crippen molar-refractivity contribution in [1.29, 1.82) is 0 Å². The van der Waals surface area contributed by atoms with Gasteiger partial charge in [-0.25, -0.2) is 6.57 Å². The summed E-state index contributed by atoms with van der Waals surface area (Å²) < 4.78 is 5.55. The Labute approximate surface area is 141 Å². The van der Waals surface area contributed by atoms with E-state index in [2.05, 4.69) is 9.83 Å². The smallest absolute Gasteiger partial charge is 0.300 e. The molecule has 0 radical (unpaired) electrons. The molecular weight excluding hydrogens is 304 g/mol. The summed E-state index contributed by atoms with van der Waals surface area (Å²) in [7, 11) is 0. The number of carbonyl (C=O) groups is 1. The summed E-state index contributed by atoms with van der Waals surface area (Å²) >= 11 is 0. The summed E-state index contributed by atoms with van der Waals surface area (Å²) in [5.74, 6) is 0.669. The zero-order valence-electron chi connectivity index (χ0n) is 13.8. The molecule has 1 aromatic carbocycles. The van der Waals surface area contributed by atoms with Crippen LogP contribution in [0.2, 0.25) is 0 Å². The van der Waals surface area contributed by atoms with Crippen molar-refractivity contribution in [2.45, 2.75) is 38.4 Å². The standard InChI is InChI=1S/C18H22N4O2/c1-3-24-13-6-7-16-14(10-13)12(11-21-16)9-15(19)18(23)22-8-4-5-17(22)20-2/h6-7,10-11,15,17,21H,3-5,8-9,19H2,1H3/t15-,17-/m0/s1. The topological polar surface area (TPSA) is 75.7 Å². The number of H-pyrrole nitrogens is 1. The first kappa shape index (κ1) is 16.3. The first-order valence-electron chi connectivity index (χ1n) is 8.29. The molecule has 0 unspecified atom stereocenters. The minimum Gasteiger partial charge on any atom is -0.494 e. The highest BCUT2D eigenvalue weighted by atomic mass is 16.5. The molecule has 1 aliphatic rings. The van der Waals surface area contributed by atoms with Crippen molar-refractivity contribution in [1.82, 2.24) is 9.88 Å². The average molecular weight is 326 g/mol. The van der Waals surface area contributed by atoms with Crippen LogP contribution in [0.1, 0.15) is 25.3 Å². The van der Waals surface area contributed by atoms with Crippen LogP contribution in [0.25, 0.3) is 15.7 Å². The third-order valence-corrected chi connectivity index (χ3v) is 4.46. The normalized spacial score (nSPS) is 18.5. The summed E-state index contributed by atoms with van der Waals surface area (Å²) in [5.41, 5.74) is 8.14. The van der Waals surface area contributed by atoms with Crippen molar-refractivity contribution in [2.24, 2.45) is 5.73 Å². The first-order chi connectivity index (χ1) is 11.6. The molecule has 0 spiro atoms. The van der Waals surface area contributed by atoms with Crippen LogP contribution in [0.4, 0.5) is 0 Å². The quantitative estimate of drug-likeness (QED) is 0.828. The number of hydrogen-bond donors (Lipinski definition) is 2. The summed E-state index contributed by atoms with van der Waals surface area (Å²) in [5, 5.41) is 1.02. The molecule has 2 aromatic rings. The molecule has 0 aliphatic carbocycles. The van der Waals surface area contributed by atoms with Gasteiger partial charge < -0.3 is 15.5 Å². The predicted molar refractivity (Wildman–Crippen MR) is 92.5 cm³/mol. The number of nitrogens with one attached hydrogen (secondary N) is 1. The van der Waals surface area contributed by atoms with E-state index >= 15 is 0 Å². The number of nitrogens with two attached hydrogens (primary N) is 1. The van der Waals surface area contributed by atoms with Gasteiger partial charge in [-0.15, -0.1) is 0 Å². The van der Waals surface area contributed by atoms with Crippen LogP contribution in [-0.2, 0) is 11.2 Å². The van der Waals surface area contributed by atoms with Gasteiger partial charge in [0.2, 0.25) is 5.91 Å². The van der Waals surface area contributed by atoms with Crippen LogP contribution in [0.3, 0.4) is 0 Å². The maximum absolute atomic E-state index is 12.6. The molecule has 0 bridgehead atoms. The zero-order chi connectivity index (χ0) is 17.1. The molecule has 1 aromatic heterocycles. The fourth-order valence-corrected chi connectivity index (χ4v) is 3.26. The molecule has 24 heavy (non-hydrogen) atoms. The number of hydrogen-bond acceptors (Lipinski definition) is 3. The van der Waals surface area contributed by atoms with Gasteiger partial charge in [-0.3, -0.25) is 14.5 Å². The monoisotopic (exact) mass is 326 g/mol. The van der Waals surface area contributed by atoms with Crippen LogP contribution < -0.4 is 10.5 Å². The Balaban J connectivity index is 1.77. The highest BCUT2D eigenvalue weighted by Crippen LogP contribution is 2.25. The SMILES string of the molecule is [C-]#[N+][C@@H]1CCCN1C(=O)[C@@H](N)Cc1c[nH]c2ccc(OCC)cc12. The second-order valence-electron chi connectivity index (χ2n) is 6.05. The number of rotatable bonds is 5. The van der Waals surface area contributed by atoms with Crippen LogP contribution in [-0.4, -0.2) is 41.2 Å². The van der Waals surface area contributed by atoms with Crippen molar-refractivity contribution < 1.29 is 9.53 Å². The van der Waals surface area contributed by atoms with Gasteiger partial charge in [-0.2, -0.15) is 0 Å². The van der Waals surface area contributed by atoms with E-state index < -0.39 is 6.04 Å². The molecular formula is C18H22N4O2. The fourth-order valence-electron chi connectivity index (χ4n) is 3.26. The maximum Gasteiger partial charge on any atom is 0.300 e. The maximum atomic E-state index is 12.6. The average Bonchev–Trinajstić information content (AvgIpc) is 3.21. The van der Waals surface area contributed by atoms with Gasteiger partial charge in [-0.05, 0) is 43.5 Å². The predicted octanol–water partition coefficient (Wildman–Crippen LogP) is 2.30. The van der Waals surface area contributed by atoms with Crippen molar-refractivity contribution in [2.75, 3.05) is 13.2 Å². The molecule has 0 saturated carbocycles. The van der Waals surface area contributed by atoms with Gasteiger partial charge in [0.25, 0.3) is 0 Å². The van der Waals surface area contributed by atoms with Crippen LogP contribution in [0, 0.1) is 6.57 Å². The third-order valence-electron chi connectivity index (χ3n) is 4.46. The van der Waals surface area contributed by atoms with Gasteiger partial charge in [0.1, 0.15) is 5.75 Å². The number of ether oxygens (including phenoxy) is 1. The van der Waals surface area contributed by atoms with Crippen molar-refractivity contribution in [3.05, 3.63) is 41.4 Å². The highest BCUT2D eigenvalue weighted by Gasteiger charge is 2.35. The van der Waals surface area contributed by atoms with Gasteiger partial charge in [-0.1, -0.05) is 0 Å². The number of benzene rings is 1. The van der Waals surface area contributed by atoms with Gasteiger partial charge in [0.05, 0.1) is 12.6 Å². The molecule has 1 aliphatic heterocycles. The third kappa shape index (κ3) is 3.08. The lowest BCUT2D eigenvalue weighted by atomic mass is 10.0. The molecule has 6 heteroatoms. The fraction of sp³-hybridized carbons (Fsp3) is 0.444. The number of carbonyl (C=O) groups excluding carboxylic acids is 1. The molecule has 3 N–H and O–H groups in total. The lowest BCUT2D eigenvalue weighted by Crippen LogP contribution is -2.46. The Hall–Kier alpha value is -2.52. The van der Waals surface area contributed by atoms with E-state index in [0.717, 1.165) is 35.1 Å². The Morgan fingerprint density at radius 3 is 3.17 bits per heavy atom. The Kier molecular flexibility index (Phi) is 4.72. The van der Waals surface area contributed by atoms with E-state index in [1.807, 2.05) is 31.3 Å². The van der Waals surface area contributed by atoms with Gasteiger partial charge >= 0.3 is 6.17 Å². The summed E-state index contributed by atoms with van der Waals surface area (Å²) in [6, 6.07) is 5.22. The van der Waals surface area contributed by atoms with Crippen LogP contribution in [0.5, 0.6) is 5.75 Å². The molecule has 3 rings (SSSR count). The van der Waals surface area contributed by atoms with Gasteiger partial charge in [0.15, 0.2) is 0 Å². The molecule has 1 amide bonds. The van der Waals surface area contributed by atoms with Crippen molar-refractivity contribution in [3.8, 4) is 5.75 Å². The van der Waals surface area contributed by atoms with E-state index in [9.17, 15) is 4.79 Å². The van der Waals surface area contributed by atoms with E-state index in [1.54, 1.807) is 4.90 Å². The number of likely N-dealkylation sites (tertiary alicyclic amines) is 1. The van der Waals surface area contributed by atoms with E-state index in [4.69, 9.17) is 17.0 Å². The molecule has 6 nitrogen and oxygen atoms in total. The van der Waals surface area contributed by atoms with Crippen LogP contribution in [0.15, 0.2) is 24.4 Å². The van der Waals surface area contributed by atoms with Crippen molar-refractivity contribution in [3.63, 3.8) is 0 Å². The molecule has 1 saturated heterocycles. The Morgan fingerprint density at radius 1 is 1.58 bits per heavy atom. The Morgan fingerprint density at radius 2 is 2.42 bits per heavy atom. The molecule has 1 fully saturated rings. The van der Waals surface area contributed by atoms with Crippen LogP contribution >= 0.6 is 0 Å². The number of nitrogens with zero attached hydrogens (tertiary/aromatic N) is 2. The Bertz CT molecular complexity index is 777. The molecule has 2 atom stereocenters. The lowest BCUT2D eigenvalue weighted by Gasteiger charge is -2.20. The minimum atomic E-state index is -0.637. The minimum absolute atomic E-state index is 0.135.